The number of carbonyl (C=O) groups is 1. The Labute approximate surface area is 117 Å². The fraction of sp³-hybridized carbons (Fsp3) is 0.444. The molecule has 1 heterocycles. The van der Waals surface area contributed by atoms with Crippen molar-refractivity contribution in [2.45, 2.75) is 25.6 Å². The molecule has 1 unspecified atom stereocenters. The fourth-order valence-corrected chi connectivity index (χ4v) is 3.09. The summed E-state index contributed by atoms with van der Waals surface area (Å²) in [6.45, 7) is 1.32. The molecule has 96 valence electrons. The van der Waals surface area contributed by atoms with Crippen LogP contribution in [-0.2, 0) is 0 Å². The molecule has 17 heavy (non-hydrogen) atoms. The van der Waals surface area contributed by atoms with E-state index >= 15 is 0 Å². The van der Waals surface area contributed by atoms with Crippen LogP contribution in [0.2, 0.25) is 0 Å². The Morgan fingerprint density at radius 1 is 1.53 bits per heavy atom. The van der Waals surface area contributed by atoms with E-state index in [9.17, 15) is 18.0 Å². The van der Waals surface area contributed by atoms with E-state index in [2.05, 4.69) is 37.2 Å². The van der Waals surface area contributed by atoms with Crippen LogP contribution in [0.25, 0.3) is 0 Å². The third-order valence-electron chi connectivity index (χ3n) is 1.78. The van der Waals surface area contributed by atoms with E-state index in [-0.39, 0.29) is 0 Å². The van der Waals surface area contributed by atoms with Crippen LogP contribution in [0.3, 0.4) is 0 Å². The Morgan fingerprint density at radius 2 is 2.12 bits per heavy atom. The van der Waals surface area contributed by atoms with Crippen molar-refractivity contribution in [1.82, 2.24) is 5.32 Å². The first kappa shape index (κ1) is 15.0. The summed E-state index contributed by atoms with van der Waals surface area (Å²) in [7, 11) is 0. The fourth-order valence-electron chi connectivity index (χ4n) is 1.15. The SMILES string of the molecule is CC(CC(F)(F)F)NC(=O)c1cc(Br)c(Br)s1. The first-order chi connectivity index (χ1) is 7.69. The molecule has 0 spiro atoms. The number of rotatable bonds is 3. The zero-order valence-electron chi connectivity index (χ0n) is 8.57. The predicted octanol–water partition coefficient (Wildman–Crippen LogP) is 4.34. The smallest absolute Gasteiger partial charge is 0.349 e. The van der Waals surface area contributed by atoms with Crippen molar-refractivity contribution in [3.05, 3.63) is 19.2 Å². The van der Waals surface area contributed by atoms with Crippen molar-refractivity contribution in [1.29, 1.82) is 0 Å². The molecule has 0 saturated carbocycles. The molecule has 0 aliphatic carbocycles. The van der Waals surface area contributed by atoms with Gasteiger partial charge in [0.1, 0.15) is 0 Å². The highest BCUT2D eigenvalue weighted by atomic mass is 79.9. The molecule has 0 aliphatic heterocycles. The third-order valence-corrected chi connectivity index (χ3v) is 5.04. The van der Waals surface area contributed by atoms with Crippen molar-refractivity contribution in [2.75, 3.05) is 0 Å². The number of nitrogens with one attached hydrogen (secondary N) is 1. The van der Waals surface area contributed by atoms with E-state index in [1.165, 1.54) is 6.92 Å². The van der Waals surface area contributed by atoms with Gasteiger partial charge in [-0.3, -0.25) is 4.79 Å². The molecule has 1 N–H and O–H groups in total. The quantitative estimate of drug-likeness (QED) is 0.811. The van der Waals surface area contributed by atoms with Crippen LogP contribution < -0.4 is 5.32 Å². The van der Waals surface area contributed by atoms with E-state index in [1.54, 1.807) is 6.07 Å². The minimum atomic E-state index is -4.27. The van der Waals surface area contributed by atoms with Crippen LogP contribution in [0.5, 0.6) is 0 Å². The number of hydrogen-bond donors (Lipinski definition) is 1. The summed E-state index contributed by atoms with van der Waals surface area (Å²) in [4.78, 5) is 12.0. The highest BCUT2D eigenvalue weighted by Gasteiger charge is 2.30. The van der Waals surface area contributed by atoms with Crippen LogP contribution in [0.15, 0.2) is 14.3 Å². The third kappa shape index (κ3) is 4.97. The minimum absolute atomic E-state index is 0.359. The molecule has 0 radical (unpaired) electrons. The molecule has 0 saturated heterocycles. The number of alkyl halides is 3. The van der Waals surface area contributed by atoms with E-state index in [4.69, 9.17) is 0 Å². The molecular formula is C9H8Br2F3NOS. The molecule has 1 aromatic rings. The van der Waals surface area contributed by atoms with E-state index in [1.807, 2.05) is 0 Å². The molecule has 0 aromatic carbocycles. The highest BCUT2D eigenvalue weighted by Crippen LogP contribution is 2.32. The summed E-state index contributed by atoms with van der Waals surface area (Å²) in [5.74, 6) is -0.502. The first-order valence-corrected chi connectivity index (χ1v) is 6.91. The van der Waals surface area contributed by atoms with Gasteiger partial charge in [-0.15, -0.1) is 11.3 Å². The molecule has 0 fully saturated rings. The van der Waals surface area contributed by atoms with Crippen LogP contribution in [0.4, 0.5) is 13.2 Å². The second-order valence-electron chi connectivity index (χ2n) is 3.43. The van der Waals surface area contributed by atoms with Gasteiger partial charge in [0.05, 0.1) is 15.1 Å². The molecule has 0 bridgehead atoms. The lowest BCUT2D eigenvalue weighted by Gasteiger charge is -2.15. The summed E-state index contributed by atoms with van der Waals surface area (Å²) < 4.78 is 37.6. The Balaban J connectivity index is 2.61. The standard InChI is InChI=1S/C9H8Br2F3NOS/c1-4(3-9(12,13)14)15-8(16)6-2-5(10)7(11)17-6/h2,4H,3H2,1H3,(H,15,16). The van der Waals surface area contributed by atoms with Crippen molar-refractivity contribution in [2.24, 2.45) is 0 Å². The topological polar surface area (TPSA) is 29.1 Å². The molecule has 1 amide bonds. The summed E-state index contributed by atoms with van der Waals surface area (Å²) in [6, 6.07) is 0.617. The minimum Gasteiger partial charge on any atom is -0.349 e. The maximum absolute atomic E-state index is 12.1. The van der Waals surface area contributed by atoms with Crippen molar-refractivity contribution < 1.29 is 18.0 Å². The summed E-state index contributed by atoms with van der Waals surface area (Å²) in [5.41, 5.74) is 0. The van der Waals surface area contributed by atoms with Crippen LogP contribution in [-0.4, -0.2) is 18.1 Å². The van der Waals surface area contributed by atoms with Crippen molar-refractivity contribution >= 4 is 49.1 Å². The lowest BCUT2D eigenvalue weighted by Crippen LogP contribution is -2.35. The van der Waals surface area contributed by atoms with Crippen LogP contribution in [0.1, 0.15) is 23.0 Å². The molecule has 1 aromatic heterocycles. The average molecular weight is 395 g/mol. The average Bonchev–Trinajstić information content (AvgIpc) is 2.43. The number of carbonyl (C=O) groups excluding carboxylic acids is 1. The van der Waals surface area contributed by atoms with Crippen LogP contribution >= 0.6 is 43.2 Å². The molecule has 1 rings (SSSR count). The summed E-state index contributed by atoms with van der Waals surface area (Å²) in [6.07, 6.45) is -5.31. The summed E-state index contributed by atoms with van der Waals surface area (Å²) >= 11 is 7.57. The van der Waals surface area contributed by atoms with Gasteiger partial charge in [0, 0.05) is 10.5 Å². The Hall–Kier alpha value is -0.0800. The van der Waals surface area contributed by atoms with Gasteiger partial charge < -0.3 is 5.32 Å². The van der Waals surface area contributed by atoms with E-state index < -0.39 is 24.5 Å². The van der Waals surface area contributed by atoms with Crippen molar-refractivity contribution in [3.63, 3.8) is 0 Å². The molecule has 0 aliphatic rings. The largest absolute Gasteiger partial charge is 0.391 e. The van der Waals surface area contributed by atoms with Crippen molar-refractivity contribution in [3.8, 4) is 0 Å². The number of hydrogen-bond acceptors (Lipinski definition) is 2. The van der Waals surface area contributed by atoms with Gasteiger partial charge in [-0.2, -0.15) is 13.2 Å². The molecule has 8 heteroatoms. The number of amides is 1. The van der Waals surface area contributed by atoms with Gasteiger partial charge in [0.25, 0.3) is 5.91 Å². The molecular weight excluding hydrogens is 387 g/mol. The Kier molecular flexibility index (Phi) is 5.03. The van der Waals surface area contributed by atoms with Gasteiger partial charge in [-0.1, -0.05) is 0 Å². The Bertz CT molecular complexity index is 399. The van der Waals surface area contributed by atoms with Gasteiger partial charge in [0.2, 0.25) is 0 Å². The lowest BCUT2D eigenvalue weighted by molar-refractivity contribution is -0.138. The van der Waals surface area contributed by atoms with Gasteiger partial charge >= 0.3 is 6.18 Å². The zero-order chi connectivity index (χ0) is 13.2. The van der Waals surface area contributed by atoms with Gasteiger partial charge in [-0.05, 0) is 44.8 Å². The maximum Gasteiger partial charge on any atom is 0.391 e. The molecule has 1 atom stereocenters. The summed E-state index contributed by atoms with van der Waals surface area (Å²) in [5, 5.41) is 2.30. The van der Waals surface area contributed by atoms with Crippen LogP contribution in [0, 0.1) is 0 Å². The van der Waals surface area contributed by atoms with E-state index in [0.29, 0.717) is 9.35 Å². The van der Waals surface area contributed by atoms with Gasteiger partial charge in [0.15, 0.2) is 0 Å². The normalized spacial score (nSPS) is 13.5. The predicted molar refractivity (Wildman–Crippen MR) is 67.3 cm³/mol. The second kappa shape index (κ2) is 5.71. The number of thiophene rings is 1. The molecule has 2 nitrogen and oxygen atoms in total. The number of halogens is 5. The first-order valence-electron chi connectivity index (χ1n) is 4.51. The monoisotopic (exact) mass is 393 g/mol. The highest BCUT2D eigenvalue weighted by molar-refractivity contribution is 9.13. The zero-order valence-corrected chi connectivity index (χ0v) is 12.6. The second-order valence-corrected chi connectivity index (χ2v) is 6.65. The Morgan fingerprint density at radius 3 is 2.53 bits per heavy atom. The van der Waals surface area contributed by atoms with E-state index in [0.717, 1.165) is 15.1 Å². The van der Waals surface area contributed by atoms with Gasteiger partial charge in [-0.25, -0.2) is 0 Å². The maximum atomic E-state index is 12.1. The lowest BCUT2D eigenvalue weighted by atomic mass is 10.2.